The number of fused-ring (bicyclic) bond motifs is 1. The van der Waals surface area contributed by atoms with Crippen LogP contribution in [0.25, 0.3) is 22.0 Å². The zero-order valence-corrected chi connectivity index (χ0v) is 14.8. The molecule has 4 rings (SSSR count). The van der Waals surface area contributed by atoms with Gasteiger partial charge in [0.2, 0.25) is 5.91 Å². The Bertz CT molecular complexity index is 942. The zero-order valence-electron chi connectivity index (χ0n) is 14.8. The first-order chi connectivity index (χ1) is 12.6. The summed E-state index contributed by atoms with van der Waals surface area (Å²) in [6.07, 6.45) is 3.71. The monoisotopic (exact) mass is 350 g/mol. The fourth-order valence-corrected chi connectivity index (χ4v) is 3.58. The van der Waals surface area contributed by atoms with Gasteiger partial charge in [-0.25, -0.2) is 0 Å². The van der Waals surface area contributed by atoms with E-state index in [9.17, 15) is 4.79 Å². The van der Waals surface area contributed by atoms with E-state index in [0.717, 1.165) is 53.9 Å². The molecule has 1 saturated heterocycles. The molecule has 26 heavy (non-hydrogen) atoms. The number of carbonyl (C=O) groups is 1. The highest BCUT2D eigenvalue weighted by Gasteiger charge is 2.20. The van der Waals surface area contributed by atoms with E-state index in [4.69, 9.17) is 5.73 Å². The number of H-pyrrole nitrogens is 1. The van der Waals surface area contributed by atoms with Crippen LogP contribution in [0.1, 0.15) is 5.69 Å². The van der Waals surface area contributed by atoms with Gasteiger partial charge >= 0.3 is 0 Å². The van der Waals surface area contributed by atoms with Crippen LogP contribution in [0, 0.1) is 6.92 Å². The van der Waals surface area contributed by atoms with Crippen molar-refractivity contribution in [1.29, 1.82) is 0 Å². The van der Waals surface area contributed by atoms with E-state index in [2.05, 4.69) is 49.2 Å². The molecule has 1 fully saturated rings. The lowest BCUT2D eigenvalue weighted by atomic mass is 10.0. The number of aryl methyl sites for hydroxylation is 1. The van der Waals surface area contributed by atoms with Crippen molar-refractivity contribution in [2.75, 3.05) is 37.6 Å². The molecule has 3 aromatic rings. The van der Waals surface area contributed by atoms with Crippen LogP contribution >= 0.6 is 0 Å². The fraction of sp³-hybridized carbons (Fsp3) is 0.316. The van der Waals surface area contributed by atoms with Crippen molar-refractivity contribution in [3.05, 3.63) is 42.4 Å². The topological polar surface area (TPSA) is 91.1 Å². The second-order valence-electron chi connectivity index (χ2n) is 6.70. The first-order valence-electron chi connectivity index (χ1n) is 8.76. The van der Waals surface area contributed by atoms with Gasteiger partial charge in [-0.05, 0) is 30.7 Å². The Labute approximate surface area is 151 Å². The normalized spacial score (nSPS) is 15.5. The lowest BCUT2D eigenvalue weighted by Crippen LogP contribution is -2.48. The van der Waals surface area contributed by atoms with Gasteiger partial charge < -0.3 is 10.6 Å². The van der Waals surface area contributed by atoms with Gasteiger partial charge in [0.25, 0.3) is 0 Å². The summed E-state index contributed by atoms with van der Waals surface area (Å²) in [6.45, 7) is 5.73. The lowest BCUT2D eigenvalue weighted by Gasteiger charge is -2.36. The molecule has 0 radical (unpaired) electrons. The Hall–Kier alpha value is -2.93. The van der Waals surface area contributed by atoms with Crippen LogP contribution < -0.4 is 10.6 Å². The number of nitrogens with zero attached hydrogens (tertiary/aromatic N) is 4. The number of nitrogens with one attached hydrogen (secondary N) is 1. The number of hydrogen-bond donors (Lipinski definition) is 2. The third-order valence-corrected chi connectivity index (χ3v) is 4.95. The van der Waals surface area contributed by atoms with Gasteiger partial charge in [0, 0.05) is 54.7 Å². The molecule has 1 amide bonds. The van der Waals surface area contributed by atoms with Crippen LogP contribution in [0.3, 0.4) is 0 Å². The molecule has 1 aliphatic heterocycles. The maximum absolute atomic E-state index is 11.1. The van der Waals surface area contributed by atoms with Gasteiger partial charge in [-0.2, -0.15) is 5.10 Å². The lowest BCUT2D eigenvalue weighted by molar-refractivity contribution is -0.119. The number of nitrogens with two attached hydrogens (primary N) is 1. The summed E-state index contributed by atoms with van der Waals surface area (Å²) in [5.41, 5.74) is 10.8. The van der Waals surface area contributed by atoms with Crippen LogP contribution in [-0.2, 0) is 4.79 Å². The molecule has 0 aliphatic carbocycles. The molecule has 134 valence electrons. The first-order valence-corrected chi connectivity index (χ1v) is 8.76. The number of carbonyl (C=O) groups excluding carboxylic acids is 1. The highest BCUT2D eigenvalue weighted by molar-refractivity contribution is 5.94. The van der Waals surface area contributed by atoms with Crippen molar-refractivity contribution >= 4 is 22.5 Å². The van der Waals surface area contributed by atoms with Gasteiger partial charge in [0.15, 0.2) is 0 Å². The molecular formula is C19H22N6O. The highest BCUT2D eigenvalue weighted by Crippen LogP contribution is 2.31. The molecule has 0 bridgehead atoms. The number of aromatic nitrogens is 3. The van der Waals surface area contributed by atoms with Gasteiger partial charge in [0.1, 0.15) is 0 Å². The van der Waals surface area contributed by atoms with E-state index in [1.54, 1.807) is 0 Å². The summed E-state index contributed by atoms with van der Waals surface area (Å²) < 4.78 is 0. The summed E-state index contributed by atoms with van der Waals surface area (Å²) in [4.78, 5) is 20.1. The predicted octanol–water partition coefficient (Wildman–Crippen LogP) is 1.54. The van der Waals surface area contributed by atoms with E-state index in [1.165, 1.54) is 5.69 Å². The van der Waals surface area contributed by atoms with Crippen molar-refractivity contribution in [2.45, 2.75) is 6.92 Å². The zero-order chi connectivity index (χ0) is 18.1. The van der Waals surface area contributed by atoms with E-state index < -0.39 is 0 Å². The summed E-state index contributed by atoms with van der Waals surface area (Å²) in [5.74, 6) is -0.270. The average Bonchev–Trinajstić information content (AvgIpc) is 3.07. The molecule has 0 spiro atoms. The number of benzene rings is 1. The van der Waals surface area contributed by atoms with Gasteiger partial charge in [-0.3, -0.25) is 19.8 Å². The predicted molar refractivity (Wildman–Crippen MR) is 102 cm³/mol. The van der Waals surface area contributed by atoms with Crippen molar-refractivity contribution in [3.63, 3.8) is 0 Å². The van der Waals surface area contributed by atoms with E-state index in [1.807, 2.05) is 19.3 Å². The molecule has 3 heterocycles. The number of rotatable bonds is 4. The molecule has 2 aromatic heterocycles. The molecule has 0 unspecified atom stereocenters. The van der Waals surface area contributed by atoms with E-state index >= 15 is 0 Å². The number of amides is 1. The second kappa shape index (κ2) is 6.76. The Balaban J connectivity index is 1.65. The third kappa shape index (κ3) is 3.13. The Morgan fingerprint density at radius 2 is 2.04 bits per heavy atom. The number of hydrogen-bond acceptors (Lipinski definition) is 5. The highest BCUT2D eigenvalue weighted by atomic mass is 16.1. The minimum Gasteiger partial charge on any atom is -0.369 e. The molecule has 1 aromatic carbocycles. The maximum atomic E-state index is 11.1. The van der Waals surface area contributed by atoms with Crippen molar-refractivity contribution < 1.29 is 4.79 Å². The smallest absolute Gasteiger partial charge is 0.231 e. The molecule has 7 heteroatoms. The minimum atomic E-state index is -0.270. The molecule has 7 nitrogen and oxygen atoms in total. The maximum Gasteiger partial charge on any atom is 0.231 e. The number of aromatic amines is 1. The number of piperazine rings is 1. The van der Waals surface area contributed by atoms with Crippen molar-refractivity contribution in [1.82, 2.24) is 20.1 Å². The molecule has 1 aliphatic rings. The Morgan fingerprint density at radius 1 is 1.23 bits per heavy atom. The number of pyridine rings is 1. The van der Waals surface area contributed by atoms with Gasteiger partial charge in [0.05, 0.1) is 18.3 Å². The van der Waals surface area contributed by atoms with Crippen LogP contribution in [0.4, 0.5) is 5.69 Å². The summed E-state index contributed by atoms with van der Waals surface area (Å²) >= 11 is 0. The van der Waals surface area contributed by atoms with E-state index in [0.29, 0.717) is 6.54 Å². The molecule has 3 N–H and O–H groups in total. The van der Waals surface area contributed by atoms with Gasteiger partial charge in [-0.1, -0.05) is 6.07 Å². The van der Waals surface area contributed by atoms with Crippen molar-refractivity contribution in [3.8, 4) is 11.1 Å². The number of anilines is 1. The SMILES string of the molecule is Cc1[nH]ncc1-c1ccc2nccc(N3CCN(CC(N)=O)CC3)c2c1. The quantitative estimate of drug-likeness (QED) is 0.745. The van der Waals surface area contributed by atoms with Crippen molar-refractivity contribution in [2.24, 2.45) is 5.73 Å². The average molecular weight is 350 g/mol. The molecular weight excluding hydrogens is 328 g/mol. The standard InChI is InChI=1S/C19H22N6O/c1-13-16(11-22-23-13)14-2-3-17-15(10-14)18(4-5-21-17)25-8-6-24(7-9-25)12-19(20)26/h2-5,10-11H,6-9,12H2,1H3,(H2,20,26)(H,22,23). The Morgan fingerprint density at radius 3 is 2.73 bits per heavy atom. The molecule has 0 atom stereocenters. The molecule has 0 saturated carbocycles. The van der Waals surface area contributed by atoms with E-state index in [-0.39, 0.29) is 5.91 Å². The summed E-state index contributed by atoms with van der Waals surface area (Å²) in [5, 5.41) is 8.26. The van der Waals surface area contributed by atoms with Crippen LogP contribution in [0.2, 0.25) is 0 Å². The first kappa shape index (κ1) is 16.5. The van der Waals surface area contributed by atoms with Crippen LogP contribution in [0.5, 0.6) is 0 Å². The number of primary amides is 1. The summed E-state index contributed by atoms with van der Waals surface area (Å²) in [7, 11) is 0. The third-order valence-electron chi connectivity index (χ3n) is 4.95. The van der Waals surface area contributed by atoms with Gasteiger partial charge in [-0.15, -0.1) is 0 Å². The van der Waals surface area contributed by atoms with Crippen LogP contribution in [-0.4, -0.2) is 58.7 Å². The second-order valence-corrected chi connectivity index (χ2v) is 6.70. The fourth-order valence-electron chi connectivity index (χ4n) is 3.58. The Kier molecular flexibility index (Phi) is 4.30. The summed E-state index contributed by atoms with van der Waals surface area (Å²) in [6, 6.07) is 8.40. The van der Waals surface area contributed by atoms with Crippen LogP contribution in [0.15, 0.2) is 36.7 Å². The minimum absolute atomic E-state index is 0.270. The largest absolute Gasteiger partial charge is 0.369 e.